The van der Waals surface area contributed by atoms with Crippen molar-refractivity contribution in [3.05, 3.63) is 41.5 Å². The minimum absolute atomic E-state index is 0.0959. The lowest BCUT2D eigenvalue weighted by Crippen LogP contribution is -2.38. The Hall–Kier alpha value is -2.43. The van der Waals surface area contributed by atoms with E-state index in [0.717, 1.165) is 30.2 Å². The molecule has 1 aliphatic heterocycles. The van der Waals surface area contributed by atoms with Gasteiger partial charge in [-0.3, -0.25) is 4.90 Å². The normalized spacial score (nSPS) is 18.6. The summed E-state index contributed by atoms with van der Waals surface area (Å²) in [6.45, 7) is 2.90. The van der Waals surface area contributed by atoms with Crippen LogP contribution < -0.4 is 4.74 Å². The van der Waals surface area contributed by atoms with Gasteiger partial charge in [-0.15, -0.1) is 10.2 Å². The topological polar surface area (TPSA) is 76.2 Å². The summed E-state index contributed by atoms with van der Waals surface area (Å²) in [5, 5.41) is 17.1. The van der Waals surface area contributed by atoms with Crippen molar-refractivity contribution in [3.8, 4) is 11.8 Å². The number of rotatable bonds is 4. The van der Waals surface area contributed by atoms with Gasteiger partial charge in [-0.2, -0.15) is 5.26 Å². The molecular formula is C16H19N5O2. The maximum absolute atomic E-state index is 9.09. The average Bonchev–Trinajstić information content (AvgIpc) is 3.01. The van der Waals surface area contributed by atoms with Crippen LogP contribution in [-0.4, -0.2) is 46.5 Å². The molecule has 2 heterocycles. The molecule has 2 aromatic rings. The van der Waals surface area contributed by atoms with Crippen molar-refractivity contribution in [2.24, 2.45) is 7.05 Å². The molecule has 0 saturated carbocycles. The first-order valence-electron chi connectivity index (χ1n) is 7.46. The van der Waals surface area contributed by atoms with Crippen molar-refractivity contribution in [2.75, 3.05) is 26.8 Å². The van der Waals surface area contributed by atoms with Crippen LogP contribution in [0, 0.1) is 11.3 Å². The Balaban J connectivity index is 1.75. The molecule has 0 amide bonds. The van der Waals surface area contributed by atoms with Gasteiger partial charge in [-0.25, -0.2) is 0 Å². The molecule has 23 heavy (non-hydrogen) atoms. The Kier molecular flexibility index (Phi) is 4.55. The molecule has 1 aliphatic rings. The highest BCUT2D eigenvalue weighted by molar-refractivity contribution is 5.42. The largest absolute Gasteiger partial charge is 0.496 e. The lowest BCUT2D eigenvalue weighted by molar-refractivity contribution is -0.0387. The predicted octanol–water partition coefficient (Wildman–Crippen LogP) is 1.27. The van der Waals surface area contributed by atoms with Gasteiger partial charge in [-0.05, 0) is 18.2 Å². The number of hydrogen-bond acceptors (Lipinski definition) is 6. The Morgan fingerprint density at radius 2 is 2.35 bits per heavy atom. The number of nitrogens with zero attached hydrogens (tertiary/aromatic N) is 5. The van der Waals surface area contributed by atoms with Crippen LogP contribution >= 0.6 is 0 Å². The minimum atomic E-state index is -0.0959. The van der Waals surface area contributed by atoms with Crippen LogP contribution in [-0.2, 0) is 18.3 Å². The lowest BCUT2D eigenvalue weighted by Gasteiger charge is -2.32. The highest BCUT2D eigenvalue weighted by atomic mass is 16.5. The third-order valence-electron chi connectivity index (χ3n) is 3.99. The van der Waals surface area contributed by atoms with E-state index in [1.54, 1.807) is 19.5 Å². The molecule has 7 nitrogen and oxygen atoms in total. The average molecular weight is 313 g/mol. The standard InChI is InChI=1S/C16H19N5O2/c1-20-11-18-19-16(20)15-10-21(5-6-23-15)9-13-7-12(8-17)3-4-14(13)22-2/h3-4,7,11,15H,5-6,9-10H2,1-2H3/t15-/m1/s1. The summed E-state index contributed by atoms with van der Waals surface area (Å²) in [4.78, 5) is 2.28. The number of benzene rings is 1. The quantitative estimate of drug-likeness (QED) is 0.846. The maximum atomic E-state index is 9.09. The highest BCUT2D eigenvalue weighted by Crippen LogP contribution is 2.25. The van der Waals surface area contributed by atoms with E-state index < -0.39 is 0 Å². The van der Waals surface area contributed by atoms with Crippen molar-refractivity contribution in [1.29, 1.82) is 5.26 Å². The Labute approximate surface area is 135 Å². The van der Waals surface area contributed by atoms with Crippen LogP contribution in [0.4, 0.5) is 0 Å². The van der Waals surface area contributed by atoms with E-state index in [9.17, 15) is 0 Å². The lowest BCUT2D eigenvalue weighted by atomic mass is 10.1. The first-order valence-corrected chi connectivity index (χ1v) is 7.46. The summed E-state index contributed by atoms with van der Waals surface area (Å²) < 4.78 is 13.1. The molecule has 0 bridgehead atoms. The van der Waals surface area contributed by atoms with Gasteiger partial charge in [0.05, 0.1) is 25.3 Å². The van der Waals surface area contributed by atoms with Crippen molar-refractivity contribution >= 4 is 0 Å². The highest BCUT2D eigenvalue weighted by Gasteiger charge is 2.26. The molecule has 1 aromatic heterocycles. The second kappa shape index (κ2) is 6.77. The molecule has 0 N–H and O–H groups in total. The van der Waals surface area contributed by atoms with Crippen LogP contribution in [0.15, 0.2) is 24.5 Å². The van der Waals surface area contributed by atoms with Crippen molar-refractivity contribution in [3.63, 3.8) is 0 Å². The fourth-order valence-electron chi connectivity index (χ4n) is 2.80. The summed E-state index contributed by atoms with van der Waals surface area (Å²) >= 11 is 0. The first-order chi connectivity index (χ1) is 11.2. The monoisotopic (exact) mass is 313 g/mol. The summed E-state index contributed by atoms with van der Waals surface area (Å²) in [6.07, 6.45) is 1.58. The zero-order valence-electron chi connectivity index (χ0n) is 13.3. The molecule has 0 unspecified atom stereocenters. The molecule has 1 aromatic carbocycles. The smallest absolute Gasteiger partial charge is 0.163 e. The van der Waals surface area contributed by atoms with Crippen LogP contribution in [0.3, 0.4) is 0 Å². The fourth-order valence-corrected chi connectivity index (χ4v) is 2.80. The molecule has 7 heteroatoms. The number of morpholine rings is 1. The molecular weight excluding hydrogens is 294 g/mol. The van der Waals surface area contributed by atoms with Crippen molar-refractivity contribution < 1.29 is 9.47 Å². The van der Waals surface area contributed by atoms with Gasteiger partial charge in [0.2, 0.25) is 0 Å². The van der Waals surface area contributed by atoms with Gasteiger partial charge < -0.3 is 14.0 Å². The zero-order valence-corrected chi connectivity index (χ0v) is 13.3. The summed E-state index contributed by atoms with van der Waals surface area (Å²) in [5.41, 5.74) is 1.64. The van der Waals surface area contributed by atoms with Crippen LogP contribution in [0.25, 0.3) is 0 Å². The predicted molar refractivity (Wildman–Crippen MR) is 82.7 cm³/mol. The number of methoxy groups -OCH3 is 1. The molecule has 0 aliphatic carbocycles. The summed E-state index contributed by atoms with van der Waals surface area (Å²) in [5.74, 6) is 1.62. The summed E-state index contributed by atoms with van der Waals surface area (Å²) in [6, 6.07) is 7.66. The number of aryl methyl sites for hydroxylation is 1. The van der Waals surface area contributed by atoms with E-state index in [0.29, 0.717) is 18.7 Å². The van der Waals surface area contributed by atoms with Crippen LogP contribution in [0.2, 0.25) is 0 Å². The maximum Gasteiger partial charge on any atom is 0.163 e. The molecule has 1 fully saturated rings. The van der Waals surface area contributed by atoms with Crippen LogP contribution in [0.5, 0.6) is 5.75 Å². The van der Waals surface area contributed by atoms with E-state index in [2.05, 4.69) is 21.2 Å². The molecule has 1 atom stereocenters. The van der Waals surface area contributed by atoms with Gasteiger partial charge in [0.25, 0.3) is 0 Å². The van der Waals surface area contributed by atoms with Crippen molar-refractivity contribution in [2.45, 2.75) is 12.6 Å². The molecule has 3 rings (SSSR count). The molecule has 0 spiro atoms. The van der Waals surface area contributed by atoms with Gasteiger partial charge in [0.1, 0.15) is 18.2 Å². The second-order valence-corrected chi connectivity index (χ2v) is 5.53. The Bertz CT molecular complexity index is 722. The number of nitriles is 1. The van der Waals surface area contributed by atoms with E-state index >= 15 is 0 Å². The number of hydrogen-bond donors (Lipinski definition) is 0. The summed E-state index contributed by atoms with van der Waals surface area (Å²) in [7, 11) is 3.56. The van der Waals surface area contributed by atoms with Gasteiger partial charge in [0, 0.05) is 32.2 Å². The second-order valence-electron chi connectivity index (χ2n) is 5.53. The van der Waals surface area contributed by atoms with E-state index in [1.807, 2.05) is 23.7 Å². The number of ether oxygens (including phenoxy) is 2. The third kappa shape index (κ3) is 3.33. The first kappa shape index (κ1) is 15.5. The fraction of sp³-hybridized carbons (Fsp3) is 0.438. The Morgan fingerprint density at radius 1 is 1.48 bits per heavy atom. The van der Waals surface area contributed by atoms with Gasteiger partial charge in [-0.1, -0.05) is 0 Å². The van der Waals surface area contributed by atoms with Gasteiger partial charge >= 0.3 is 0 Å². The van der Waals surface area contributed by atoms with E-state index in [-0.39, 0.29) is 6.10 Å². The molecule has 1 saturated heterocycles. The zero-order chi connectivity index (χ0) is 16.2. The minimum Gasteiger partial charge on any atom is -0.496 e. The Morgan fingerprint density at radius 3 is 3.04 bits per heavy atom. The van der Waals surface area contributed by atoms with E-state index in [4.69, 9.17) is 14.7 Å². The van der Waals surface area contributed by atoms with Crippen LogP contribution in [0.1, 0.15) is 23.1 Å². The number of aromatic nitrogens is 3. The van der Waals surface area contributed by atoms with Gasteiger partial charge in [0.15, 0.2) is 5.82 Å². The SMILES string of the molecule is COc1ccc(C#N)cc1CN1CCO[C@@H](c2nncn2C)C1. The van der Waals surface area contributed by atoms with E-state index in [1.165, 1.54) is 0 Å². The molecule has 120 valence electrons. The van der Waals surface area contributed by atoms with Crippen molar-refractivity contribution in [1.82, 2.24) is 19.7 Å². The molecule has 0 radical (unpaired) electrons. The third-order valence-corrected chi connectivity index (χ3v) is 3.99.